The van der Waals surface area contributed by atoms with E-state index in [9.17, 15) is 4.79 Å². The van der Waals surface area contributed by atoms with E-state index in [-0.39, 0.29) is 0 Å². The van der Waals surface area contributed by atoms with Gasteiger partial charge < -0.3 is 0 Å². The van der Waals surface area contributed by atoms with E-state index in [2.05, 4.69) is 37.9 Å². The van der Waals surface area contributed by atoms with Crippen molar-refractivity contribution in [3.63, 3.8) is 0 Å². The van der Waals surface area contributed by atoms with Crippen molar-refractivity contribution in [2.75, 3.05) is 5.43 Å². The Balaban J connectivity index is 1.97. The molecule has 0 fully saturated rings. The SMILES string of the molecule is Cc1n[nH]c(=O)nc1N/N=C\[C@@H]1CC=CCC1. The second kappa shape index (κ2) is 5.38. The number of aryl methyl sites for hydroxylation is 1. The quantitative estimate of drug-likeness (QED) is 0.467. The number of aromatic nitrogens is 3. The molecule has 6 nitrogen and oxygen atoms in total. The predicted molar refractivity (Wildman–Crippen MR) is 66.0 cm³/mol. The third-order valence-corrected chi connectivity index (χ3v) is 2.64. The fraction of sp³-hybridized carbons (Fsp3) is 0.455. The molecular formula is C11H15N5O. The number of aromatic amines is 1. The van der Waals surface area contributed by atoms with Crippen molar-refractivity contribution in [2.24, 2.45) is 11.0 Å². The summed E-state index contributed by atoms with van der Waals surface area (Å²) in [6.07, 6.45) is 9.45. The lowest BCUT2D eigenvalue weighted by molar-refractivity contribution is 0.627. The first kappa shape index (κ1) is 11.5. The normalized spacial score (nSPS) is 19.7. The van der Waals surface area contributed by atoms with Crippen molar-refractivity contribution in [1.82, 2.24) is 15.2 Å². The smallest absolute Gasteiger partial charge is 0.260 e. The second-order valence-corrected chi connectivity index (χ2v) is 4.01. The van der Waals surface area contributed by atoms with Gasteiger partial charge in [0, 0.05) is 6.21 Å². The predicted octanol–water partition coefficient (Wildman–Crippen LogP) is 1.23. The highest BCUT2D eigenvalue weighted by atomic mass is 16.1. The highest BCUT2D eigenvalue weighted by Crippen LogP contribution is 2.15. The summed E-state index contributed by atoms with van der Waals surface area (Å²) in [6.45, 7) is 1.75. The first-order valence-electron chi connectivity index (χ1n) is 5.63. The molecule has 2 N–H and O–H groups in total. The monoisotopic (exact) mass is 233 g/mol. The summed E-state index contributed by atoms with van der Waals surface area (Å²) in [5.41, 5.74) is 2.89. The molecule has 6 heteroatoms. The standard InChI is InChI=1S/C11H15N5O/c1-8-10(13-11(17)16-14-8)15-12-7-9-5-3-2-4-6-9/h2-3,7,9H,4-6H2,1H3,(H2,13,15,16,17)/b12-7-/t9-/m1/s1. The lowest BCUT2D eigenvalue weighted by Gasteiger charge is -2.11. The minimum Gasteiger partial charge on any atom is -0.260 e. The van der Waals surface area contributed by atoms with E-state index in [1.807, 2.05) is 6.21 Å². The summed E-state index contributed by atoms with van der Waals surface area (Å²) in [5.74, 6) is 0.860. The number of nitrogens with zero attached hydrogens (tertiary/aromatic N) is 3. The van der Waals surface area contributed by atoms with Crippen LogP contribution in [0.25, 0.3) is 0 Å². The van der Waals surface area contributed by atoms with Crippen molar-refractivity contribution in [3.05, 3.63) is 28.3 Å². The Morgan fingerprint density at radius 3 is 3.24 bits per heavy atom. The van der Waals surface area contributed by atoms with Gasteiger partial charge in [-0.2, -0.15) is 15.2 Å². The fourth-order valence-corrected chi connectivity index (χ4v) is 1.65. The molecule has 0 radical (unpaired) electrons. The maximum atomic E-state index is 11.0. The number of H-pyrrole nitrogens is 1. The van der Waals surface area contributed by atoms with Crippen molar-refractivity contribution in [2.45, 2.75) is 26.2 Å². The van der Waals surface area contributed by atoms with Crippen LogP contribution in [0, 0.1) is 12.8 Å². The van der Waals surface area contributed by atoms with E-state index in [4.69, 9.17) is 0 Å². The van der Waals surface area contributed by atoms with Crippen LogP contribution in [-0.2, 0) is 0 Å². The van der Waals surface area contributed by atoms with Gasteiger partial charge >= 0.3 is 5.69 Å². The Bertz CT molecular complexity index is 491. The third kappa shape index (κ3) is 3.24. The maximum absolute atomic E-state index is 11.0. The van der Waals surface area contributed by atoms with Gasteiger partial charge in [-0.25, -0.2) is 9.89 Å². The molecule has 0 aromatic carbocycles. The number of hydrazone groups is 1. The van der Waals surface area contributed by atoms with Gasteiger partial charge in [-0.1, -0.05) is 12.2 Å². The van der Waals surface area contributed by atoms with Gasteiger partial charge in [0.05, 0.1) is 0 Å². The molecule has 0 amide bonds. The Morgan fingerprint density at radius 1 is 1.59 bits per heavy atom. The second-order valence-electron chi connectivity index (χ2n) is 4.01. The number of hydrogen-bond acceptors (Lipinski definition) is 5. The van der Waals surface area contributed by atoms with Gasteiger partial charge in [-0.3, -0.25) is 5.43 Å². The molecule has 1 aliphatic carbocycles. The van der Waals surface area contributed by atoms with E-state index in [0.717, 1.165) is 19.3 Å². The average molecular weight is 233 g/mol. The van der Waals surface area contributed by atoms with Crippen LogP contribution in [0.2, 0.25) is 0 Å². The van der Waals surface area contributed by atoms with Gasteiger partial charge in [-0.15, -0.1) is 0 Å². The molecule has 17 heavy (non-hydrogen) atoms. The van der Waals surface area contributed by atoms with Crippen LogP contribution in [0.1, 0.15) is 25.0 Å². The number of hydrogen-bond donors (Lipinski definition) is 2. The van der Waals surface area contributed by atoms with Gasteiger partial charge in [0.1, 0.15) is 5.69 Å². The molecule has 1 heterocycles. The average Bonchev–Trinajstić information content (AvgIpc) is 2.35. The van der Waals surface area contributed by atoms with Crippen molar-refractivity contribution in [3.8, 4) is 0 Å². The first-order chi connectivity index (χ1) is 8.25. The molecule has 1 aromatic rings. The largest absolute Gasteiger partial charge is 0.363 e. The topological polar surface area (TPSA) is 83.0 Å². The van der Waals surface area contributed by atoms with Crippen LogP contribution < -0.4 is 11.1 Å². The van der Waals surface area contributed by atoms with Crippen LogP contribution in [-0.4, -0.2) is 21.4 Å². The van der Waals surface area contributed by atoms with Gasteiger partial charge in [0.2, 0.25) is 0 Å². The molecule has 1 aromatic heterocycles. The van der Waals surface area contributed by atoms with Gasteiger partial charge in [0.25, 0.3) is 0 Å². The van der Waals surface area contributed by atoms with E-state index in [0.29, 0.717) is 17.4 Å². The molecule has 0 bridgehead atoms. The Kier molecular flexibility index (Phi) is 3.64. The lowest BCUT2D eigenvalue weighted by Crippen LogP contribution is -2.16. The molecular weight excluding hydrogens is 218 g/mol. The number of allylic oxidation sites excluding steroid dienone is 2. The van der Waals surface area contributed by atoms with E-state index < -0.39 is 5.69 Å². The van der Waals surface area contributed by atoms with Crippen LogP contribution in [0.5, 0.6) is 0 Å². The van der Waals surface area contributed by atoms with Crippen LogP contribution in [0.3, 0.4) is 0 Å². The minimum absolute atomic E-state index is 0.399. The minimum atomic E-state index is -0.478. The molecule has 0 aliphatic heterocycles. The van der Waals surface area contributed by atoms with Gasteiger partial charge in [0.15, 0.2) is 5.82 Å². The number of rotatable bonds is 3. The zero-order valence-corrected chi connectivity index (χ0v) is 9.68. The Hall–Kier alpha value is -1.98. The zero-order chi connectivity index (χ0) is 12.1. The maximum Gasteiger partial charge on any atom is 0.363 e. The molecule has 90 valence electrons. The summed E-state index contributed by atoms with van der Waals surface area (Å²) in [5, 5.41) is 10.2. The summed E-state index contributed by atoms with van der Waals surface area (Å²) in [7, 11) is 0. The van der Waals surface area contributed by atoms with Crippen LogP contribution in [0.4, 0.5) is 5.82 Å². The van der Waals surface area contributed by atoms with Crippen molar-refractivity contribution in [1.29, 1.82) is 0 Å². The van der Waals surface area contributed by atoms with Crippen LogP contribution in [0.15, 0.2) is 22.0 Å². The van der Waals surface area contributed by atoms with Crippen molar-refractivity contribution < 1.29 is 0 Å². The Morgan fingerprint density at radius 2 is 2.47 bits per heavy atom. The van der Waals surface area contributed by atoms with E-state index in [1.165, 1.54) is 0 Å². The molecule has 1 aliphatic rings. The highest BCUT2D eigenvalue weighted by molar-refractivity contribution is 5.62. The summed E-state index contributed by atoms with van der Waals surface area (Å²) < 4.78 is 0. The summed E-state index contributed by atoms with van der Waals surface area (Å²) in [6, 6.07) is 0. The Labute approximate surface area is 98.9 Å². The number of anilines is 1. The van der Waals surface area contributed by atoms with Crippen LogP contribution >= 0.6 is 0 Å². The van der Waals surface area contributed by atoms with E-state index in [1.54, 1.807) is 6.92 Å². The summed E-state index contributed by atoms with van der Waals surface area (Å²) in [4.78, 5) is 14.7. The van der Waals surface area contributed by atoms with Crippen molar-refractivity contribution >= 4 is 12.0 Å². The molecule has 2 rings (SSSR count). The summed E-state index contributed by atoms with van der Waals surface area (Å²) >= 11 is 0. The molecule has 1 atom stereocenters. The number of nitrogens with one attached hydrogen (secondary N) is 2. The highest BCUT2D eigenvalue weighted by Gasteiger charge is 2.06. The van der Waals surface area contributed by atoms with Gasteiger partial charge in [-0.05, 0) is 32.1 Å². The molecule has 0 saturated carbocycles. The first-order valence-corrected chi connectivity index (χ1v) is 5.63. The molecule has 0 spiro atoms. The van der Waals surface area contributed by atoms with E-state index >= 15 is 0 Å². The fourth-order valence-electron chi connectivity index (χ4n) is 1.65. The molecule has 0 saturated heterocycles. The third-order valence-electron chi connectivity index (χ3n) is 2.64. The molecule has 0 unspecified atom stereocenters. The zero-order valence-electron chi connectivity index (χ0n) is 9.68. The lowest BCUT2D eigenvalue weighted by atomic mass is 9.96.